The molecular formula is C22H28FN3O4S. The third kappa shape index (κ3) is 6.83. The highest BCUT2D eigenvalue weighted by Crippen LogP contribution is 2.22. The number of halogens is 1. The predicted octanol–water partition coefficient (Wildman–Crippen LogP) is 2.92. The number of unbranched alkanes of at least 4 members (excludes halogenated alkanes) is 1. The molecule has 1 fully saturated rings. The van der Waals surface area contributed by atoms with E-state index >= 15 is 0 Å². The molecule has 0 aromatic heterocycles. The van der Waals surface area contributed by atoms with E-state index in [1.165, 1.54) is 19.1 Å². The van der Waals surface area contributed by atoms with Crippen LogP contribution >= 0.6 is 0 Å². The first kappa shape index (κ1) is 23.3. The van der Waals surface area contributed by atoms with Gasteiger partial charge in [-0.2, -0.15) is 0 Å². The summed E-state index contributed by atoms with van der Waals surface area (Å²) >= 11 is 0. The molecule has 1 heterocycles. The van der Waals surface area contributed by atoms with Crippen LogP contribution in [0.5, 0.6) is 0 Å². The van der Waals surface area contributed by atoms with Crippen LogP contribution in [0, 0.1) is 5.82 Å². The number of nitrogens with zero attached hydrogens (tertiary/aromatic N) is 1. The zero-order valence-electron chi connectivity index (χ0n) is 17.5. The Bertz CT molecular complexity index is 986. The molecular weight excluding hydrogens is 421 g/mol. The Hall–Kier alpha value is -2.33. The Morgan fingerprint density at radius 3 is 2.68 bits per heavy atom. The van der Waals surface area contributed by atoms with Crippen molar-refractivity contribution in [1.29, 1.82) is 0 Å². The number of amides is 1. The molecule has 3 rings (SSSR count). The Morgan fingerprint density at radius 1 is 1.19 bits per heavy atom. The molecule has 1 amide bonds. The number of benzene rings is 2. The average Bonchev–Trinajstić information content (AvgIpc) is 2.75. The van der Waals surface area contributed by atoms with E-state index in [0.717, 1.165) is 37.7 Å². The SMILES string of the molecule is CC(=O)Nc1ccc(S(=O)(=O)NCCCCN2CCOC(c3ccccc3)C2)cc1F. The van der Waals surface area contributed by atoms with Gasteiger partial charge in [-0.3, -0.25) is 9.69 Å². The fraction of sp³-hybridized carbons (Fsp3) is 0.409. The first-order valence-electron chi connectivity index (χ1n) is 10.3. The summed E-state index contributed by atoms with van der Waals surface area (Å²) in [4.78, 5) is 13.2. The Labute approximate surface area is 182 Å². The molecule has 0 aliphatic carbocycles. The minimum Gasteiger partial charge on any atom is -0.371 e. The summed E-state index contributed by atoms with van der Waals surface area (Å²) in [6.07, 6.45) is 1.56. The second-order valence-corrected chi connectivity index (χ2v) is 9.27. The molecule has 1 saturated heterocycles. The van der Waals surface area contributed by atoms with E-state index in [9.17, 15) is 17.6 Å². The topological polar surface area (TPSA) is 87.7 Å². The molecule has 0 spiro atoms. The molecule has 0 saturated carbocycles. The molecule has 1 atom stereocenters. The van der Waals surface area contributed by atoms with Gasteiger partial charge < -0.3 is 10.1 Å². The van der Waals surface area contributed by atoms with E-state index in [1.54, 1.807) is 0 Å². The van der Waals surface area contributed by atoms with Crippen molar-refractivity contribution in [3.8, 4) is 0 Å². The summed E-state index contributed by atoms with van der Waals surface area (Å²) in [7, 11) is -3.81. The molecule has 9 heteroatoms. The standard InChI is InChI=1S/C22H28FN3O4S/c1-17(27)25-21-10-9-19(15-20(21)23)31(28,29)24-11-5-6-12-26-13-14-30-22(16-26)18-7-3-2-4-8-18/h2-4,7-10,15,22,24H,5-6,11-14,16H2,1H3,(H,25,27). The molecule has 0 radical (unpaired) electrons. The van der Waals surface area contributed by atoms with Crippen molar-refractivity contribution in [3.05, 3.63) is 59.9 Å². The zero-order chi connectivity index (χ0) is 22.3. The third-order valence-corrected chi connectivity index (χ3v) is 6.54. The molecule has 1 aliphatic rings. The summed E-state index contributed by atoms with van der Waals surface area (Å²) in [5.74, 6) is -1.22. The van der Waals surface area contributed by atoms with Gasteiger partial charge in [0.2, 0.25) is 15.9 Å². The summed E-state index contributed by atoms with van der Waals surface area (Å²) < 4.78 is 47.2. The minimum atomic E-state index is -3.81. The van der Waals surface area contributed by atoms with Crippen molar-refractivity contribution in [2.45, 2.75) is 30.8 Å². The lowest BCUT2D eigenvalue weighted by Gasteiger charge is -2.33. The number of carbonyl (C=O) groups excluding carboxylic acids is 1. The Morgan fingerprint density at radius 2 is 1.97 bits per heavy atom. The number of nitrogens with one attached hydrogen (secondary N) is 2. The normalized spacial score (nSPS) is 17.4. The Balaban J connectivity index is 1.43. The largest absolute Gasteiger partial charge is 0.371 e. The third-order valence-electron chi connectivity index (χ3n) is 5.08. The molecule has 168 valence electrons. The van der Waals surface area contributed by atoms with E-state index in [2.05, 4.69) is 27.1 Å². The van der Waals surface area contributed by atoms with Crippen molar-refractivity contribution in [3.63, 3.8) is 0 Å². The number of hydrogen-bond donors (Lipinski definition) is 2. The van der Waals surface area contributed by atoms with Crippen LogP contribution in [0.3, 0.4) is 0 Å². The first-order valence-corrected chi connectivity index (χ1v) is 11.8. The smallest absolute Gasteiger partial charge is 0.240 e. The van der Waals surface area contributed by atoms with E-state index in [4.69, 9.17) is 4.74 Å². The minimum absolute atomic E-state index is 0.0502. The van der Waals surface area contributed by atoms with Gasteiger partial charge in [0.1, 0.15) is 5.82 Å². The molecule has 7 nitrogen and oxygen atoms in total. The number of ether oxygens (including phenoxy) is 1. The van der Waals surface area contributed by atoms with Gasteiger partial charge in [0, 0.05) is 26.6 Å². The second-order valence-electron chi connectivity index (χ2n) is 7.50. The summed E-state index contributed by atoms with van der Waals surface area (Å²) in [5, 5.41) is 2.31. The number of morpholine rings is 1. The average molecular weight is 450 g/mol. The van der Waals surface area contributed by atoms with Gasteiger partial charge in [-0.1, -0.05) is 30.3 Å². The number of sulfonamides is 1. The van der Waals surface area contributed by atoms with Gasteiger partial charge >= 0.3 is 0 Å². The van der Waals surface area contributed by atoms with E-state index in [0.29, 0.717) is 13.0 Å². The second kappa shape index (κ2) is 10.8. The lowest BCUT2D eigenvalue weighted by molar-refractivity contribution is -0.114. The molecule has 2 aromatic carbocycles. The van der Waals surface area contributed by atoms with Gasteiger partial charge in [-0.15, -0.1) is 0 Å². The number of anilines is 1. The van der Waals surface area contributed by atoms with Crippen molar-refractivity contribution in [1.82, 2.24) is 9.62 Å². The van der Waals surface area contributed by atoms with Crippen LogP contribution in [0.2, 0.25) is 0 Å². The van der Waals surface area contributed by atoms with Crippen LogP contribution in [-0.2, 0) is 19.6 Å². The lowest BCUT2D eigenvalue weighted by atomic mass is 10.1. The monoisotopic (exact) mass is 449 g/mol. The van der Waals surface area contributed by atoms with E-state index in [-0.39, 0.29) is 23.2 Å². The molecule has 1 aliphatic heterocycles. The fourth-order valence-corrected chi connectivity index (χ4v) is 4.56. The van der Waals surface area contributed by atoms with Crippen LogP contribution in [0.1, 0.15) is 31.4 Å². The summed E-state index contributed by atoms with van der Waals surface area (Å²) in [5.41, 5.74) is 1.11. The van der Waals surface area contributed by atoms with E-state index in [1.807, 2.05) is 18.2 Å². The molecule has 2 aromatic rings. The van der Waals surface area contributed by atoms with Crippen molar-refractivity contribution >= 4 is 21.6 Å². The van der Waals surface area contributed by atoms with Crippen molar-refractivity contribution in [2.24, 2.45) is 0 Å². The molecule has 31 heavy (non-hydrogen) atoms. The first-order chi connectivity index (χ1) is 14.8. The number of carbonyl (C=O) groups is 1. The zero-order valence-corrected chi connectivity index (χ0v) is 18.3. The number of rotatable bonds is 9. The van der Waals surface area contributed by atoms with Gasteiger partial charge in [-0.25, -0.2) is 17.5 Å². The Kier molecular flexibility index (Phi) is 8.14. The molecule has 2 N–H and O–H groups in total. The van der Waals surface area contributed by atoms with Crippen LogP contribution < -0.4 is 10.0 Å². The lowest BCUT2D eigenvalue weighted by Crippen LogP contribution is -2.39. The molecule has 1 unspecified atom stereocenters. The number of hydrogen-bond acceptors (Lipinski definition) is 5. The molecule has 0 bridgehead atoms. The highest BCUT2D eigenvalue weighted by Gasteiger charge is 2.21. The quantitative estimate of drug-likeness (QED) is 0.575. The summed E-state index contributed by atoms with van der Waals surface area (Å²) in [6.45, 7) is 4.72. The summed E-state index contributed by atoms with van der Waals surface area (Å²) in [6, 6.07) is 13.5. The van der Waals surface area contributed by atoms with Gasteiger partial charge in [-0.05, 0) is 43.1 Å². The highest BCUT2D eigenvalue weighted by atomic mass is 32.2. The maximum Gasteiger partial charge on any atom is 0.240 e. The van der Waals surface area contributed by atoms with Gasteiger partial charge in [0.25, 0.3) is 0 Å². The predicted molar refractivity (Wildman–Crippen MR) is 117 cm³/mol. The fourth-order valence-electron chi connectivity index (χ4n) is 3.48. The van der Waals surface area contributed by atoms with Crippen LogP contribution in [-0.4, -0.2) is 52.0 Å². The maximum absolute atomic E-state index is 14.0. The van der Waals surface area contributed by atoms with Crippen LogP contribution in [0.15, 0.2) is 53.4 Å². The van der Waals surface area contributed by atoms with Gasteiger partial charge in [0.15, 0.2) is 0 Å². The highest BCUT2D eigenvalue weighted by molar-refractivity contribution is 7.89. The van der Waals surface area contributed by atoms with Gasteiger partial charge in [0.05, 0.1) is 23.3 Å². The van der Waals surface area contributed by atoms with Crippen LogP contribution in [0.4, 0.5) is 10.1 Å². The van der Waals surface area contributed by atoms with Crippen molar-refractivity contribution in [2.75, 3.05) is 38.1 Å². The van der Waals surface area contributed by atoms with Crippen molar-refractivity contribution < 1.29 is 22.3 Å². The maximum atomic E-state index is 14.0. The van der Waals surface area contributed by atoms with E-state index < -0.39 is 21.7 Å². The van der Waals surface area contributed by atoms with Crippen LogP contribution in [0.25, 0.3) is 0 Å².